The minimum Gasteiger partial charge on any atom is -0.479 e. The SMILES string of the molecule is CC(C)=NOC(=O)C(C)Oc1ccc(Oc2ccc(Cl)c(Cl)c2)cc1. The summed E-state index contributed by atoms with van der Waals surface area (Å²) in [6.45, 7) is 5.04. The Morgan fingerprint density at radius 1 is 0.960 bits per heavy atom. The van der Waals surface area contributed by atoms with Gasteiger partial charge in [-0.15, -0.1) is 0 Å². The van der Waals surface area contributed by atoms with E-state index < -0.39 is 12.1 Å². The highest BCUT2D eigenvalue weighted by Gasteiger charge is 2.16. The summed E-state index contributed by atoms with van der Waals surface area (Å²) >= 11 is 11.8. The van der Waals surface area contributed by atoms with Gasteiger partial charge in [0.15, 0.2) is 6.10 Å². The number of halogens is 2. The van der Waals surface area contributed by atoms with Gasteiger partial charge in [0, 0.05) is 6.07 Å². The molecule has 0 fully saturated rings. The van der Waals surface area contributed by atoms with Gasteiger partial charge in [-0.2, -0.15) is 0 Å². The molecule has 0 saturated heterocycles. The molecule has 0 amide bonds. The van der Waals surface area contributed by atoms with Crippen molar-refractivity contribution in [3.05, 3.63) is 52.5 Å². The van der Waals surface area contributed by atoms with Gasteiger partial charge in [0.1, 0.15) is 17.2 Å². The van der Waals surface area contributed by atoms with E-state index >= 15 is 0 Å². The molecule has 1 unspecified atom stereocenters. The standard InChI is InChI=1S/C18H17Cl2NO4/c1-11(2)21-25-18(22)12(3)23-13-4-6-14(7-5-13)24-15-8-9-16(19)17(20)10-15/h4-10,12H,1-3H3. The molecule has 0 radical (unpaired) electrons. The van der Waals surface area contributed by atoms with Crippen LogP contribution in [0.5, 0.6) is 17.2 Å². The first-order valence-electron chi connectivity index (χ1n) is 7.47. The molecule has 0 saturated carbocycles. The summed E-state index contributed by atoms with van der Waals surface area (Å²) in [6, 6.07) is 11.8. The first kappa shape index (κ1) is 19.1. The summed E-state index contributed by atoms with van der Waals surface area (Å²) in [4.78, 5) is 16.5. The van der Waals surface area contributed by atoms with Crippen LogP contribution in [0.4, 0.5) is 0 Å². The van der Waals surface area contributed by atoms with Crippen molar-refractivity contribution in [1.82, 2.24) is 0 Å². The van der Waals surface area contributed by atoms with Gasteiger partial charge < -0.3 is 14.3 Å². The van der Waals surface area contributed by atoms with Crippen LogP contribution in [0, 0.1) is 0 Å². The van der Waals surface area contributed by atoms with Crippen molar-refractivity contribution in [1.29, 1.82) is 0 Å². The number of oxime groups is 1. The van der Waals surface area contributed by atoms with E-state index in [1.807, 2.05) is 0 Å². The van der Waals surface area contributed by atoms with Gasteiger partial charge in [-0.05, 0) is 57.2 Å². The lowest BCUT2D eigenvalue weighted by molar-refractivity contribution is -0.151. The van der Waals surface area contributed by atoms with Gasteiger partial charge in [0.25, 0.3) is 0 Å². The lowest BCUT2D eigenvalue weighted by Gasteiger charge is -2.12. The molecule has 0 bridgehead atoms. The molecule has 132 valence electrons. The number of nitrogens with zero attached hydrogens (tertiary/aromatic N) is 1. The average molecular weight is 382 g/mol. The Morgan fingerprint density at radius 2 is 1.56 bits per heavy atom. The molecule has 0 aromatic heterocycles. The van der Waals surface area contributed by atoms with E-state index in [1.165, 1.54) is 0 Å². The summed E-state index contributed by atoms with van der Waals surface area (Å²) < 4.78 is 11.2. The van der Waals surface area contributed by atoms with Crippen LogP contribution in [0.1, 0.15) is 20.8 Å². The summed E-state index contributed by atoms with van der Waals surface area (Å²) in [5, 5.41) is 4.48. The van der Waals surface area contributed by atoms with Crippen molar-refractivity contribution in [3.8, 4) is 17.2 Å². The first-order valence-corrected chi connectivity index (χ1v) is 8.22. The van der Waals surface area contributed by atoms with E-state index in [-0.39, 0.29) is 0 Å². The molecule has 0 N–H and O–H groups in total. The second kappa shape index (κ2) is 8.74. The second-order valence-electron chi connectivity index (χ2n) is 5.36. The van der Waals surface area contributed by atoms with E-state index in [1.54, 1.807) is 63.2 Å². The molecule has 25 heavy (non-hydrogen) atoms. The van der Waals surface area contributed by atoms with Crippen LogP contribution in [0.2, 0.25) is 10.0 Å². The molecule has 5 nitrogen and oxygen atoms in total. The fourth-order valence-corrected chi connectivity index (χ4v) is 2.01. The third-order valence-corrected chi connectivity index (χ3v) is 3.65. The van der Waals surface area contributed by atoms with Crippen molar-refractivity contribution in [3.63, 3.8) is 0 Å². The summed E-state index contributed by atoms with van der Waals surface area (Å²) in [5.74, 6) is 1.08. The molecule has 1 atom stereocenters. The number of benzene rings is 2. The highest BCUT2D eigenvalue weighted by atomic mass is 35.5. The fraction of sp³-hybridized carbons (Fsp3) is 0.222. The summed E-state index contributed by atoms with van der Waals surface area (Å²) in [6.07, 6.45) is -0.787. The van der Waals surface area contributed by atoms with Crippen molar-refractivity contribution in [2.24, 2.45) is 5.16 Å². The zero-order valence-electron chi connectivity index (χ0n) is 14.0. The van der Waals surface area contributed by atoms with Crippen molar-refractivity contribution in [2.75, 3.05) is 0 Å². The highest BCUT2D eigenvalue weighted by molar-refractivity contribution is 6.42. The molecule has 0 aliphatic heterocycles. The van der Waals surface area contributed by atoms with Crippen LogP contribution in [0.3, 0.4) is 0 Å². The van der Waals surface area contributed by atoms with Gasteiger partial charge in [-0.25, -0.2) is 4.79 Å². The monoisotopic (exact) mass is 381 g/mol. The Kier molecular flexibility index (Phi) is 6.67. The zero-order chi connectivity index (χ0) is 18.4. The Bertz CT molecular complexity index is 771. The van der Waals surface area contributed by atoms with Gasteiger partial charge >= 0.3 is 5.97 Å². The van der Waals surface area contributed by atoms with Crippen molar-refractivity contribution >= 4 is 34.9 Å². The van der Waals surface area contributed by atoms with Crippen LogP contribution in [-0.4, -0.2) is 17.8 Å². The smallest absolute Gasteiger partial charge is 0.374 e. The molecule has 2 aromatic carbocycles. The fourth-order valence-electron chi connectivity index (χ4n) is 1.73. The molecule has 2 rings (SSSR count). The Hall–Kier alpha value is -2.24. The Balaban J connectivity index is 1.96. The lowest BCUT2D eigenvalue weighted by atomic mass is 10.3. The molecule has 0 aliphatic carbocycles. The minimum absolute atomic E-state index is 0.413. The molecular formula is C18H17Cl2NO4. The number of ether oxygens (including phenoxy) is 2. The normalized spacial score (nSPS) is 11.4. The number of carbonyl (C=O) groups excluding carboxylic acids is 1. The topological polar surface area (TPSA) is 57.1 Å². The maximum atomic E-state index is 11.7. The van der Waals surface area contributed by atoms with E-state index in [9.17, 15) is 4.79 Å². The number of rotatable bonds is 6. The quantitative estimate of drug-likeness (QED) is 0.377. The number of hydrogen-bond donors (Lipinski definition) is 0. The van der Waals surface area contributed by atoms with Gasteiger partial charge in [0.2, 0.25) is 0 Å². The van der Waals surface area contributed by atoms with Crippen LogP contribution in [0.15, 0.2) is 47.6 Å². The van der Waals surface area contributed by atoms with Crippen molar-refractivity contribution < 1.29 is 19.1 Å². The van der Waals surface area contributed by atoms with Crippen LogP contribution >= 0.6 is 23.2 Å². The van der Waals surface area contributed by atoms with E-state index in [2.05, 4.69) is 5.16 Å². The highest BCUT2D eigenvalue weighted by Crippen LogP contribution is 2.30. The second-order valence-corrected chi connectivity index (χ2v) is 6.17. The molecular weight excluding hydrogens is 365 g/mol. The third-order valence-electron chi connectivity index (χ3n) is 2.91. The molecule has 0 spiro atoms. The first-order chi connectivity index (χ1) is 11.8. The van der Waals surface area contributed by atoms with Crippen LogP contribution < -0.4 is 9.47 Å². The van der Waals surface area contributed by atoms with E-state index in [0.717, 1.165) is 0 Å². The zero-order valence-corrected chi connectivity index (χ0v) is 15.5. The Labute approximate surface area is 156 Å². The largest absolute Gasteiger partial charge is 0.479 e. The maximum Gasteiger partial charge on any atom is 0.374 e. The van der Waals surface area contributed by atoms with Crippen LogP contribution in [-0.2, 0) is 9.63 Å². The van der Waals surface area contributed by atoms with Gasteiger partial charge in [0.05, 0.1) is 15.8 Å². The molecule has 7 heteroatoms. The summed E-state index contributed by atoms with van der Waals surface area (Å²) in [5.41, 5.74) is 0.643. The van der Waals surface area contributed by atoms with E-state index in [4.69, 9.17) is 37.5 Å². The van der Waals surface area contributed by atoms with E-state index in [0.29, 0.717) is 33.0 Å². The predicted molar refractivity (Wildman–Crippen MR) is 97.9 cm³/mol. The molecule has 0 heterocycles. The van der Waals surface area contributed by atoms with Gasteiger partial charge in [-0.3, -0.25) is 0 Å². The summed E-state index contributed by atoms with van der Waals surface area (Å²) in [7, 11) is 0. The third kappa shape index (κ3) is 5.96. The van der Waals surface area contributed by atoms with Gasteiger partial charge in [-0.1, -0.05) is 28.4 Å². The Morgan fingerprint density at radius 3 is 2.16 bits per heavy atom. The molecule has 0 aliphatic rings. The average Bonchev–Trinajstić information content (AvgIpc) is 2.57. The number of carbonyl (C=O) groups is 1. The molecule has 2 aromatic rings. The lowest BCUT2D eigenvalue weighted by Crippen LogP contribution is -2.24. The van der Waals surface area contributed by atoms with Crippen LogP contribution in [0.25, 0.3) is 0 Å². The number of hydrogen-bond acceptors (Lipinski definition) is 5. The maximum absolute atomic E-state index is 11.7. The predicted octanol–water partition coefficient (Wildman–Crippen LogP) is 5.49. The minimum atomic E-state index is -0.787. The van der Waals surface area contributed by atoms with Crippen molar-refractivity contribution in [2.45, 2.75) is 26.9 Å².